The number of ether oxygens (including phenoxy) is 2. The van der Waals surface area contributed by atoms with Gasteiger partial charge in [-0.25, -0.2) is 0 Å². The molecule has 0 amide bonds. The minimum Gasteiger partial charge on any atom is -0.381 e. The van der Waals surface area contributed by atoms with Gasteiger partial charge in [-0.15, -0.1) is 0 Å². The van der Waals surface area contributed by atoms with E-state index in [4.69, 9.17) is 9.47 Å². The van der Waals surface area contributed by atoms with E-state index in [1.807, 2.05) is 0 Å². The second-order valence-electron chi connectivity index (χ2n) is 4.73. The molecule has 0 bridgehead atoms. The Hall–Kier alpha value is 0.400. The standard InChI is InChI=1S/C12H21BrO2/c13-11-3-1-2-4-12(11)15-9-10-5-7-14-8-6-10/h10-12H,1-9H2. The lowest BCUT2D eigenvalue weighted by Gasteiger charge is -2.30. The third-order valence-electron chi connectivity index (χ3n) is 3.51. The Kier molecular flexibility index (Phi) is 4.92. The number of rotatable bonds is 3. The van der Waals surface area contributed by atoms with Gasteiger partial charge in [-0.1, -0.05) is 28.8 Å². The Labute approximate surface area is 101 Å². The monoisotopic (exact) mass is 276 g/mol. The van der Waals surface area contributed by atoms with E-state index in [0.29, 0.717) is 10.9 Å². The largest absolute Gasteiger partial charge is 0.381 e. The van der Waals surface area contributed by atoms with Gasteiger partial charge in [-0.2, -0.15) is 0 Å². The highest BCUT2D eigenvalue weighted by molar-refractivity contribution is 9.09. The van der Waals surface area contributed by atoms with Crippen LogP contribution < -0.4 is 0 Å². The average Bonchev–Trinajstić information content (AvgIpc) is 2.29. The van der Waals surface area contributed by atoms with Crippen molar-refractivity contribution >= 4 is 15.9 Å². The van der Waals surface area contributed by atoms with E-state index in [9.17, 15) is 0 Å². The maximum absolute atomic E-state index is 6.03. The van der Waals surface area contributed by atoms with E-state index in [1.54, 1.807) is 0 Å². The third-order valence-corrected chi connectivity index (χ3v) is 4.56. The van der Waals surface area contributed by atoms with Crippen LogP contribution in [0.1, 0.15) is 38.5 Å². The maximum atomic E-state index is 6.03. The normalized spacial score (nSPS) is 34.2. The Morgan fingerprint density at radius 1 is 1.07 bits per heavy atom. The molecule has 0 radical (unpaired) electrons. The van der Waals surface area contributed by atoms with E-state index in [1.165, 1.54) is 38.5 Å². The third kappa shape index (κ3) is 3.72. The van der Waals surface area contributed by atoms with Crippen molar-refractivity contribution in [1.29, 1.82) is 0 Å². The molecule has 88 valence electrons. The summed E-state index contributed by atoms with van der Waals surface area (Å²) in [5.74, 6) is 0.736. The molecule has 0 aromatic heterocycles. The molecule has 2 rings (SSSR count). The number of hydrogen-bond donors (Lipinski definition) is 0. The molecule has 0 aromatic carbocycles. The molecule has 15 heavy (non-hydrogen) atoms. The molecule has 3 heteroatoms. The van der Waals surface area contributed by atoms with Crippen LogP contribution in [0, 0.1) is 5.92 Å². The van der Waals surface area contributed by atoms with Crippen molar-refractivity contribution in [1.82, 2.24) is 0 Å². The Morgan fingerprint density at radius 2 is 1.80 bits per heavy atom. The highest BCUT2D eigenvalue weighted by Crippen LogP contribution is 2.28. The summed E-state index contributed by atoms with van der Waals surface area (Å²) in [6, 6.07) is 0. The molecule has 2 unspecified atom stereocenters. The maximum Gasteiger partial charge on any atom is 0.0700 e. The summed E-state index contributed by atoms with van der Waals surface area (Å²) in [5, 5.41) is 0. The van der Waals surface area contributed by atoms with E-state index in [-0.39, 0.29) is 0 Å². The zero-order valence-electron chi connectivity index (χ0n) is 9.29. The SMILES string of the molecule is BrC1CCCCC1OCC1CCOCC1. The van der Waals surface area contributed by atoms with Crippen molar-refractivity contribution in [3.8, 4) is 0 Å². The fraction of sp³-hybridized carbons (Fsp3) is 1.00. The first-order chi connectivity index (χ1) is 7.36. The lowest BCUT2D eigenvalue weighted by molar-refractivity contribution is -0.0194. The molecule has 0 aromatic rings. The summed E-state index contributed by atoms with van der Waals surface area (Å²) < 4.78 is 11.4. The van der Waals surface area contributed by atoms with E-state index < -0.39 is 0 Å². The molecule has 0 N–H and O–H groups in total. The van der Waals surface area contributed by atoms with Crippen LogP contribution in [0.5, 0.6) is 0 Å². The summed E-state index contributed by atoms with van der Waals surface area (Å²) in [4.78, 5) is 0.589. The molecule has 1 heterocycles. The molecular weight excluding hydrogens is 256 g/mol. The van der Waals surface area contributed by atoms with Crippen LogP contribution in [0.2, 0.25) is 0 Å². The van der Waals surface area contributed by atoms with E-state index >= 15 is 0 Å². The van der Waals surface area contributed by atoms with Crippen LogP contribution in [0.4, 0.5) is 0 Å². The molecule has 2 fully saturated rings. The van der Waals surface area contributed by atoms with Crippen LogP contribution in [0.15, 0.2) is 0 Å². The highest BCUT2D eigenvalue weighted by atomic mass is 79.9. The van der Waals surface area contributed by atoms with Crippen LogP contribution in [-0.4, -0.2) is 30.8 Å². The van der Waals surface area contributed by atoms with Gasteiger partial charge < -0.3 is 9.47 Å². The van der Waals surface area contributed by atoms with Crippen LogP contribution in [0.25, 0.3) is 0 Å². The molecule has 0 spiro atoms. The fourth-order valence-electron chi connectivity index (χ4n) is 2.41. The molecule has 1 saturated carbocycles. The van der Waals surface area contributed by atoms with Crippen molar-refractivity contribution in [3.05, 3.63) is 0 Å². The second kappa shape index (κ2) is 6.21. The summed E-state index contributed by atoms with van der Waals surface area (Å²) in [6.45, 7) is 2.79. The van der Waals surface area contributed by atoms with Gasteiger partial charge in [-0.05, 0) is 31.6 Å². The zero-order chi connectivity index (χ0) is 10.5. The van der Waals surface area contributed by atoms with E-state index in [0.717, 1.165) is 25.7 Å². The summed E-state index contributed by atoms with van der Waals surface area (Å²) >= 11 is 3.73. The van der Waals surface area contributed by atoms with E-state index in [2.05, 4.69) is 15.9 Å². The minimum absolute atomic E-state index is 0.460. The highest BCUT2D eigenvalue weighted by Gasteiger charge is 2.24. The average molecular weight is 277 g/mol. The smallest absolute Gasteiger partial charge is 0.0700 e. The molecule has 1 aliphatic carbocycles. The van der Waals surface area contributed by atoms with Gasteiger partial charge in [0.25, 0.3) is 0 Å². The topological polar surface area (TPSA) is 18.5 Å². The molecule has 2 atom stereocenters. The van der Waals surface area contributed by atoms with Crippen molar-refractivity contribution in [2.75, 3.05) is 19.8 Å². The summed E-state index contributed by atoms with van der Waals surface area (Å²) in [7, 11) is 0. The molecular formula is C12H21BrO2. The van der Waals surface area contributed by atoms with Gasteiger partial charge in [0.1, 0.15) is 0 Å². The molecule has 1 aliphatic heterocycles. The predicted molar refractivity (Wildman–Crippen MR) is 64.5 cm³/mol. The fourth-order valence-corrected chi connectivity index (χ4v) is 3.15. The predicted octanol–water partition coefficient (Wildman–Crippen LogP) is 3.14. The van der Waals surface area contributed by atoms with Crippen molar-refractivity contribution < 1.29 is 9.47 Å². The minimum atomic E-state index is 0.460. The van der Waals surface area contributed by atoms with Gasteiger partial charge >= 0.3 is 0 Å². The Morgan fingerprint density at radius 3 is 2.53 bits per heavy atom. The lowest BCUT2D eigenvalue weighted by atomic mass is 9.97. The number of halogens is 1. The summed E-state index contributed by atoms with van der Waals surface area (Å²) in [6.07, 6.45) is 8.02. The van der Waals surface area contributed by atoms with Gasteiger partial charge in [0.05, 0.1) is 6.10 Å². The zero-order valence-corrected chi connectivity index (χ0v) is 10.9. The van der Waals surface area contributed by atoms with Gasteiger partial charge in [0.15, 0.2) is 0 Å². The van der Waals surface area contributed by atoms with Crippen LogP contribution in [-0.2, 0) is 9.47 Å². The van der Waals surface area contributed by atoms with Crippen molar-refractivity contribution in [2.45, 2.75) is 49.5 Å². The molecule has 2 nitrogen and oxygen atoms in total. The van der Waals surface area contributed by atoms with Crippen LogP contribution >= 0.6 is 15.9 Å². The quantitative estimate of drug-likeness (QED) is 0.738. The van der Waals surface area contributed by atoms with Crippen molar-refractivity contribution in [2.24, 2.45) is 5.92 Å². The Balaban J connectivity index is 1.67. The first-order valence-corrected chi connectivity index (χ1v) is 7.11. The van der Waals surface area contributed by atoms with Gasteiger partial charge in [-0.3, -0.25) is 0 Å². The molecule has 2 aliphatic rings. The second-order valence-corrected chi connectivity index (χ2v) is 5.90. The van der Waals surface area contributed by atoms with Crippen LogP contribution in [0.3, 0.4) is 0 Å². The van der Waals surface area contributed by atoms with Gasteiger partial charge in [0.2, 0.25) is 0 Å². The Bertz CT molecular complexity index is 180. The lowest BCUT2D eigenvalue weighted by Crippen LogP contribution is -2.31. The number of hydrogen-bond acceptors (Lipinski definition) is 2. The first-order valence-electron chi connectivity index (χ1n) is 6.19. The molecule has 1 saturated heterocycles. The van der Waals surface area contributed by atoms with Gasteiger partial charge in [0, 0.05) is 24.6 Å². The summed E-state index contributed by atoms with van der Waals surface area (Å²) in [5.41, 5.74) is 0. The number of alkyl halides is 1. The van der Waals surface area contributed by atoms with Crippen molar-refractivity contribution in [3.63, 3.8) is 0 Å². The first kappa shape index (κ1) is 11.9.